The van der Waals surface area contributed by atoms with Crippen molar-refractivity contribution < 1.29 is 9.53 Å². The van der Waals surface area contributed by atoms with E-state index in [0.717, 1.165) is 26.3 Å². The second kappa shape index (κ2) is 9.81. The van der Waals surface area contributed by atoms with Gasteiger partial charge in [0.2, 0.25) is 5.91 Å². The lowest BCUT2D eigenvalue weighted by Gasteiger charge is -2.31. The van der Waals surface area contributed by atoms with Crippen LogP contribution < -0.4 is 10.2 Å². The van der Waals surface area contributed by atoms with Crippen LogP contribution in [0.15, 0.2) is 36.4 Å². The van der Waals surface area contributed by atoms with E-state index in [-0.39, 0.29) is 12.5 Å². The maximum absolute atomic E-state index is 12.5. The largest absolute Gasteiger partial charge is 0.378 e. The van der Waals surface area contributed by atoms with Crippen molar-refractivity contribution in [2.24, 2.45) is 0 Å². The number of morpholine rings is 1. The van der Waals surface area contributed by atoms with Crippen molar-refractivity contribution >= 4 is 52.1 Å². The lowest BCUT2D eigenvalue weighted by molar-refractivity contribution is -0.117. The maximum Gasteiger partial charge on any atom is 0.238 e. The SMILES string of the molecule is CN(CC(=O)Nc1c(Cl)cc(Cl)cc1Cl)Cc1ccccc1N1CCOCC1. The van der Waals surface area contributed by atoms with Gasteiger partial charge < -0.3 is 15.0 Å². The maximum atomic E-state index is 12.5. The van der Waals surface area contributed by atoms with Crippen LogP contribution in [0.1, 0.15) is 5.56 Å². The third-order valence-electron chi connectivity index (χ3n) is 4.47. The Kier molecular flexibility index (Phi) is 7.43. The summed E-state index contributed by atoms with van der Waals surface area (Å²) in [6.45, 7) is 4.05. The Balaban J connectivity index is 1.63. The van der Waals surface area contributed by atoms with Crippen molar-refractivity contribution in [3.63, 3.8) is 0 Å². The monoisotopic (exact) mass is 441 g/mol. The fourth-order valence-corrected chi connectivity index (χ4v) is 4.10. The Morgan fingerprint density at radius 3 is 2.46 bits per heavy atom. The topological polar surface area (TPSA) is 44.8 Å². The number of hydrogen-bond acceptors (Lipinski definition) is 4. The lowest BCUT2D eigenvalue weighted by atomic mass is 10.1. The van der Waals surface area contributed by atoms with E-state index in [9.17, 15) is 4.79 Å². The number of carbonyl (C=O) groups is 1. The summed E-state index contributed by atoms with van der Waals surface area (Å²) in [5, 5.41) is 3.81. The quantitative estimate of drug-likeness (QED) is 0.712. The van der Waals surface area contributed by atoms with Crippen molar-refractivity contribution in [1.29, 1.82) is 0 Å². The molecule has 1 amide bonds. The lowest BCUT2D eigenvalue weighted by Crippen LogP contribution is -2.37. The summed E-state index contributed by atoms with van der Waals surface area (Å²) < 4.78 is 5.44. The molecule has 28 heavy (non-hydrogen) atoms. The molecule has 2 aromatic rings. The van der Waals surface area contributed by atoms with Crippen LogP contribution in [-0.4, -0.2) is 50.7 Å². The Morgan fingerprint density at radius 1 is 1.14 bits per heavy atom. The highest BCUT2D eigenvalue weighted by Crippen LogP contribution is 2.33. The third kappa shape index (κ3) is 5.52. The summed E-state index contributed by atoms with van der Waals surface area (Å²) >= 11 is 18.2. The number of amides is 1. The smallest absolute Gasteiger partial charge is 0.238 e. The minimum absolute atomic E-state index is 0.197. The van der Waals surface area contributed by atoms with Gasteiger partial charge in [0.05, 0.1) is 35.5 Å². The van der Waals surface area contributed by atoms with Gasteiger partial charge in [-0.25, -0.2) is 0 Å². The van der Waals surface area contributed by atoms with Gasteiger partial charge in [0.1, 0.15) is 0 Å². The number of hydrogen-bond donors (Lipinski definition) is 1. The summed E-state index contributed by atoms with van der Waals surface area (Å²) in [5.74, 6) is -0.197. The molecule has 2 aromatic carbocycles. The van der Waals surface area contributed by atoms with Crippen molar-refractivity contribution in [1.82, 2.24) is 4.90 Å². The summed E-state index contributed by atoms with van der Waals surface area (Å²) in [7, 11) is 1.90. The van der Waals surface area contributed by atoms with Crippen LogP contribution in [0.4, 0.5) is 11.4 Å². The predicted octanol–water partition coefficient (Wildman–Crippen LogP) is 4.55. The zero-order valence-corrected chi connectivity index (χ0v) is 17.8. The molecule has 8 heteroatoms. The first-order chi connectivity index (χ1) is 13.4. The number of ether oxygens (including phenoxy) is 1. The Morgan fingerprint density at radius 2 is 1.79 bits per heavy atom. The number of halogens is 3. The van der Waals surface area contributed by atoms with E-state index in [1.807, 2.05) is 24.1 Å². The van der Waals surface area contributed by atoms with Crippen molar-refractivity contribution in [2.45, 2.75) is 6.54 Å². The van der Waals surface area contributed by atoms with E-state index in [1.165, 1.54) is 11.3 Å². The second-order valence-electron chi connectivity index (χ2n) is 6.69. The van der Waals surface area contributed by atoms with E-state index >= 15 is 0 Å². The van der Waals surface area contributed by atoms with Gasteiger partial charge in [-0.15, -0.1) is 0 Å². The molecule has 0 unspecified atom stereocenters. The standard InChI is InChI=1S/C20H22Cl3N3O2/c1-25(13-19(27)24-20-16(22)10-15(21)11-17(20)23)12-14-4-2-3-5-18(14)26-6-8-28-9-7-26/h2-5,10-11H,6-9,12-13H2,1H3,(H,24,27). The van der Waals surface area contributed by atoms with Crippen LogP contribution in [-0.2, 0) is 16.1 Å². The van der Waals surface area contributed by atoms with Gasteiger partial charge in [-0.05, 0) is 30.8 Å². The molecular weight excluding hydrogens is 421 g/mol. The first kappa shape index (κ1) is 21.2. The van der Waals surface area contributed by atoms with Gasteiger partial charge in [0.25, 0.3) is 0 Å². The Hall–Kier alpha value is -1.50. The molecule has 0 aromatic heterocycles. The molecule has 0 radical (unpaired) electrons. The molecule has 0 aliphatic carbocycles. The number of para-hydroxylation sites is 1. The van der Waals surface area contributed by atoms with Gasteiger partial charge in [-0.3, -0.25) is 9.69 Å². The number of likely N-dealkylation sites (N-methyl/N-ethyl adjacent to an activating group) is 1. The minimum Gasteiger partial charge on any atom is -0.378 e. The highest BCUT2D eigenvalue weighted by Gasteiger charge is 2.17. The third-order valence-corrected chi connectivity index (χ3v) is 5.28. The number of rotatable bonds is 6. The molecule has 0 saturated carbocycles. The Bertz CT molecular complexity index is 818. The van der Waals surface area contributed by atoms with Gasteiger partial charge >= 0.3 is 0 Å². The molecule has 150 valence electrons. The van der Waals surface area contributed by atoms with E-state index < -0.39 is 0 Å². The molecule has 0 atom stereocenters. The first-order valence-corrected chi connectivity index (χ1v) is 10.1. The number of nitrogens with zero attached hydrogens (tertiary/aromatic N) is 2. The molecule has 1 fully saturated rings. The van der Waals surface area contributed by atoms with Gasteiger partial charge in [-0.1, -0.05) is 53.0 Å². The molecule has 1 aliphatic heterocycles. The van der Waals surface area contributed by atoms with Gasteiger partial charge in [-0.2, -0.15) is 0 Å². The zero-order chi connectivity index (χ0) is 20.1. The van der Waals surface area contributed by atoms with E-state index in [4.69, 9.17) is 39.5 Å². The van der Waals surface area contributed by atoms with Crippen LogP contribution in [0.5, 0.6) is 0 Å². The number of carbonyl (C=O) groups excluding carboxylic acids is 1. The summed E-state index contributed by atoms with van der Waals surface area (Å²) in [4.78, 5) is 16.7. The average Bonchev–Trinajstić information content (AvgIpc) is 2.65. The van der Waals surface area contributed by atoms with Gasteiger partial charge in [0, 0.05) is 30.3 Å². The van der Waals surface area contributed by atoms with Crippen LogP contribution in [0, 0.1) is 0 Å². The zero-order valence-electron chi connectivity index (χ0n) is 15.6. The molecule has 5 nitrogen and oxygen atoms in total. The van der Waals surface area contributed by atoms with Crippen molar-refractivity contribution in [3.05, 3.63) is 57.0 Å². The predicted molar refractivity (Wildman–Crippen MR) is 116 cm³/mol. The van der Waals surface area contributed by atoms with Crippen LogP contribution >= 0.6 is 34.8 Å². The number of anilines is 2. The molecule has 3 rings (SSSR count). The molecule has 1 saturated heterocycles. The Labute approximate surface area is 180 Å². The number of nitrogens with one attached hydrogen (secondary N) is 1. The molecule has 1 N–H and O–H groups in total. The highest BCUT2D eigenvalue weighted by molar-refractivity contribution is 6.42. The number of benzene rings is 2. The summed E-state index contributed by atoms with van der Waals surface area (Å²) in [6.07, 6.45) is 0. The first-order valence-electron chi connectivity index (χ1n) is 8.97. The summed E-state index contributed by atoms with van der Waals surface area (Å²) in [5.41, 5.74) is 2.73. The minimum atomic E-state index is -0.197. The summed E-state index contributed by atoms with van der Waals surface area (Å²) in [6, 6.07) is 11.3. The fourth-order valence-electron chi connectivity index (χ4n) is 3.19. The van der Waals surface area contributed by atoms with Crippen molar-refractivity contribution in [2.75, 3.05) is 50.1 Å². The molecule has 1 heterocycles. The van der Waals surface area contributed by atoms with Crippen LogP contribution in [0.2, 0.25) is 15.1 Å². The fraction of sp³-hybridized carbons (Fsp3) is 0.350. The second-order valence-corrected chi connectivity index (χ2v) is 7.94. The highest BCUT2D eigenvalue weighted by atomic mass is 35.5. The van der Waals surface area contributed by atoms with E-state index in [1.54, 1.807) is 12.1 Å². The van der Waals surface area contributed by atoms with Crippen LogP contribution in [0.25, 0.3) is 0 Å². The average molecular weight is 443 g/mol. The molecular formula is C20H22Cl3N3O2. The van der Waals surface area contributed by atoms with E-state index in [0.29, 0.717) is 27.3 Å². The normalized spacial score (nSPS) is 14.4. The van der Waals surface area contributed by atoms with Crippen LogP contribution in [0.3, 0.4) is 0 Å². The molecule has 1 aliphatic rings. The molecule has 0 spiro atoms. The van der Waals surface area contributed by atoms with Gasteiger partial charge in [0.15, 0.2) is 0 Å². The molecule has 0 bridgehead atoms. The van der Waals surface area contributed by atoms with Crippen molar-refractivity contribution in [3.8, 4) is 0 Å². The van der Waals surface area contributed by atoms with E-state index in [2.05, 4.69) is 22.3 Å².